The molecule has 1 aliphatic rings. The first-order valence-electron chi connectivity index (χ1n) is 9.42. The van der Waals surface area contributed by atoms with Gasteiger partial charge in [-0.25, -0.2) is 14.8 Å². The summed E-state index contributed by atoms with van der Waals surface area (Å²) in [4.78, 5) is 24.2. The van der Waals surface area contributed by atoms with E-state index in [-0.39, 0.29) is 11.2 Å². The number of rotatable bonds is 3. The monoisotopic (exact) mass is 440 g/mol. The molecule has 2 aromatic rings. The van der Waals surface area contributed by atoms with E-state index in [1.54, 1.807) is 4.90 Å². The predicted molar refractivity (Wildman–Crippen MR) is 108 cm³/mol. The lowest BCUT2D eigenvalue weighted by Crippen LogP contribution is -2.50. The molecular formula is C20H23F3N4O2S. The molecule has 0 N–H and O–H groups in total. The van der Waals surface area contributed by atoms with Gasteiger partial charge in [-0.05, 0) is 62.9 Å². The molecule has 1 aromatic carbocycles. The van der Waals surface area contributed by atoms with E-state index in [1.807, 2.05) is 45.0 Å². The minimum atomic E-state index is -4.50. The molecule has 10 heteroatoms. The first-order chi connectivity index (χ1) is 14.0. The van der Waals surface area contributed by atoms with Crippen molar-refractivity contribution in [2.45, 2.75) is 42.6 Å². The lowest BCUT2D eigenvalue weighted by Gasteiger charge is -2.36. The summed E-state index contributed by atoms with van der Waals surface area (Å²) in [5.74, 6) is 0. The Kier molecular flexibility index (Phi) is 6.44. The van der Waals surface area contributed by atoms with Crippen LogP contribution in [0.15, 0.2) is 46.6 Å². The molecule has 0 atom stereocenters. The number of carbonyl (C=O) groups is 1. The molecule has 0 unspecified atom stereocenters. The molecule has 0 saturated carbocycles. The summed E-state index contributed by atoms with van der Waals surface area (Å²) in [6.07, 6.45) is -3.70. The summed E-state index contributed by atoms with van der Waals surface area (Å²) < 4.78 is 43.8. The quantitative estimate of drug-likeness (QED) is 0.645. The molecule has 0 bridgehead atoms. The number of alkyl halides is 3. The Balaban J connectivity index is 1.57. The number of hydrogen-bond donors (Lipinski definition) is 0. The molecule has 0 radical (unpaired) electrons. The third-order valence-electron chi connectivity index (χ3n) is 4.27. The fourth-order valence-corrected chi connectivity index (χ4v) is 3.59. The van der Waals surface area contributed by atoms with Gasteiger partial charge in [0, 0.05) is 43.0 Å². The third kappa shape index (κ3) is 6.01. The van der Waals surface area contributed by atoms with Crippen molar-refractivity contribution in [3.63, 3.8) is 0 Å². The Morgan fingerprint density at radius 2 is 1.67 bits per heavy atom. The molecule has 1 amide bonds. The maximum absolute atomic E-state index is 12.8. The molecule has 1 aliphatic heterocycles. The average Bonchev–Trinajstić information content (AvgIpc) is 2.67. The SMILES string of the molecule is CC(C)(C)OC(=O)N1CCN(c2ccc(Sc3nccc(C(F)(F)F)n3)cc2)CC1. The van der Waals surface area contributed by atoms with Crippen molar-refractivity contribution in [1.29, 1.82) is 0 Å². The topological polar surface area (TPSA) is 58.6 Å². The van der Waals surface area contributed by atoms with Crippen molar-refractivity contribution >= 4 is 23.5 Å². The van der Waals surface area contributed by atoms with Gasteiger partial charge in [0.1, 0.15) is 11.3 Å². The highest BCUT2D eigenvalue weighted by atomic mass is 32.2. The number of amides is 1. The second kappa shape index (κ2) is 8.71. The van der Waals surface area contributed by atoms with Gasteiger partial charge in [0.15, 0.2) is 5.16 Å². The lowest BCUT2D eigenvalue weighted by molar-refractivity contribution is -0.141. The minimum absolute atomic E-state index is 0.0450. The number of halogens is 3. The number of ether oxygens (including phenoxy) is 1. The van der Waals surface area contributed by atoms with E-state index in [9.17, 15) is 18.0 Å². The highest BCUT2D eigenvalue weighted by Crippen LogP contribution is 2.31. The first kappa shape index (κ1) is 22.2. The van der Waals surface area contributed by atoms with Crippen LogP contribution in [0.25, 0.3) is 0 Å². The summed E-state index contributed by atoms with van der Waals surface area (Å²) in [5.41, 5.74) is -0.502. The van der Waals surface area contributed by atoms with Crippen molar-refractivity contribution in [3.05, 3.63) is 42.2 Å². The zero-order chi connectivity index (χ0) is 21.9. The third-order valence-corrected chi connectivity index (χ3v) is 5.15. The lowest BCUT2D eigenvalue weighted by atomic mass is 10.2. The number of carbonyl (C=O) groups excluding carboxylic acids is 1. The molecule has 0 spiro atoms. The van der Waals surface area contributed by atoms with Gasteiger partial charge in [-0.3, -0.25) is 0 Å². The van der Waals surface area contributed by atoms with Crippen molar-refractivity contribution in [2.24, 2.45) is 0 Å². The maximum atomic E-state index is 12.8. The highest BCUT2D eigenvalue weighted by Gasteiger charge is 2.32. The van der Waals surface area contributed by atoms with Crippen molar-refractivity contribution < 1.29 is 22.7 Å². The Morgan fingerprint density at radius 3 is 2.23 bits per heavy atom. The van der Waals surface area contributed by atoms with E-state index in [4.69, 9.17) is 4.74 Å². The van der Waals surface area contributed by atoms with Crippen molar-refractivity contribution in [1.82, 2.24) is 14.9 Å². The molecule has 1 saturated heterocycles. The fraction of sp³-hybridized carbons (Fsp3) is 0.450. The number of piperazine rings is 1. The van der Waals surface area contributed by atoms with E-state index in [0.29, 0.717) is 26.2 Å². The van der Waals surface area contributed by atoms with Crippen molar-refractivity contribution in [3.8, 4) is 0 Å². The van der Waals surface area contributed by atoms with Crippen molar-refractivity contribution in [2.75, 3.05) is 31.1 Å². The Morgan fingerprint density at radius 1 is 1.03 bits per heavy atom. The maximum Gasteiger partial charge on any atom is 0.433 e. The molecule has 1 aromatic heterocycles. The normalized spacial score (nSPS) is 15.3. The summed E-state index contributed by atoms with van der Waals surface area (Å²) in [7, 11) is 0. The average molecular weight is 440 g/mol. The van der Waals surface area contributed by atoms with Crippen LogP contribution < -0.4 is 4.90 Å². The summed E-state index contributed by atoms with van der Waals surface area (Å²) >= 11 is 1.07. The van der Waals surface area contributed by atoms with Gasteiger partial charge in [0.2, 0.25) is 0 Å². The van der Waals surface area contributed by atoms with Gasteiger partial charge in [-0.15, -0.1) is 0 Å². The zero-order valence-corrected chi connectivity index (χ0v) is 17.8. The summed E-state index contributed by atoms with van der Waals surface area (Å²) in [6, 6.07) is 8.30. The van der Waals surface area contributed by atoms with Crippen LogP contribution in [0.5, 0.6) is 0 Å². The largest absolute Gasteiger partial charge is 0.444 e. The first-order valence-corrected chi connectivity index (χ1v) is 10.2. The van der Waals surface area contributed by atoms with Gasteiger partial charge in [0.25, 0.3) is 0 Å². The Bertz CT molecular complexity index is 877. The zero-order valence-electron chi connectivity index (χ0n) is 16.9. The number of aromatic nitrogens is 2. The number of benzene rings is 1. The van der Waals surface area contributed by atoms with E-state index in [0.717, 1.165) is 34.6 Å². The predicted octanol–water partition coefficient (Wildman–Crippen LogP) is 4.70. The molecule has 2 heterocycles. The number of anilines is 1. The molecule has 162 valence electrons. The summed E-state index contributed by atoms with van der Waals surface area (Å²) in [5, 5.41) is 0.0450. The summed E-state index contributed by atoms with van der Waals surface area (Å²) in [6.45, 7) is 7.97. The van der Waals surface area contributed by atoms with Gasteiger partial charge < -0.3 is 14.5 Å². The highest BCUT2D eigenvalue weighted by molar-refractivity contribution is 7.99. The second-order valence-electron chi connectivity index (χ2n) is 7.77. The standard InChI is InChI=1S/C20H23F3N4O2S/c1-19(2,3)29-18(28)27-12-10-26(11-13-27)14-4-6-15(7-5-14)30-17-24-9-8-16(25-17)20(21,22)23/h4-9H,10-13H2,1-3H3. The Labute approximate surface area is 177 Å². The molecule has 3 rings (SSSR count). The molecule has 1 fully saturated rings. The van der Waals surface area contributed by atoms with Crippen LogP contribution in [0, 0.1) is 0 Å². The molecule has 30 heavy (non-hydrogen) atoms. The Hall–Kier alpha value is -2.49. The van der Waals surface area contributed by atoms with Gasteiger partial charge in [0.05, 0.1) is 0 Å². The number of nitrogens with zero attached hydrogens (tertiary/aromatic N) is 4. The molecule has 6 nitrogen and oxygen atoms in total. The smallest absolute Gasteiger partial charge is 0.433 e. The molecular weight excluding hydrogens is 417 g/mol. The van der Waals surface area contributed by atoms with Crippen LogP contribution in [0.2, 0.25) is 0 Å². The van der Waals surface area contributed by atoms with Crippen LogP contribution in [-0.4, -0.2) is 52.7 Å². The van der Waals surface area contributed by atoms with Gasteiger partial charge >= 0.3 is 12.3 Å². The van der Waals surface area contributed by atoms with E-state index in [1.165, 1.54) is 0 Å². The van der Waals surface area contributed by atoms with E-state index >= 15 is 0 Å². The van der Waals surface area contributed by atoms with Crippen LogP contribution in [0.1, 0.15) is 26.5 Å². The van der Waals surface area contributed by atoms with Crippen LogP contribution >= 0.6 is 11.8 Å². The van der Waals surface area contributed by atoms with Crippen LogP contribution in [0.3, 0.4) is 0 Å². The van der Waals surface area contributed by atoms with E-state index < -0.39 is 17.5 Å². The molecule has 0 aliphatic carbocycles. The van der Waals surface area contributed by atoms with Gasteiger partial charge in [-0.1, -0.05) is 0 Å². The van der Waals surface area contributed by atoms with Gasteiger partial charge in [-0.2, -0.15) is 13.2 Å². The van der Waals surface area contributed by atoms with Crippen LogP contribution in [0.4, 0.5) is 23.7 Å². The fourth-order valence-electron chi connectivity index (χ4n) is 2.85. The van der Waals surface area contributed by atoms with E-state index in [2.05, 4.69) is 14.9 Å². The number of hydrogen-bond acceptors (Lipinski definition) is 6. The second-order valence-corrected chi connectivity index (χ2v) is 8.81. The minimum Gasteiger partial charge on any atom is -0.444 e. The van der Waals surface area contributed by atoms with Crippen LogP contribution in [-0.2, 0) is 10.9 Å².